The quantitative estimate of drug-likeness (QED) is 0.388. The Morgan fingerprint density at radius 1 is 1.23 bits per heavy atom. The molecule has 0 atom stereocenters. The Morgan fingerprint density at radius 3 is 2.73 bits per heavy atom. The van der Waals surface area contributed by atoms with Crippen molar-refractivity contribution in [1.29, 1.82) is 0 Å². The summed E-state index contributed by atoms with van der Waals surface area (Å²) in [6.45, 7) is 1.81. The molecule has 9 nitrogen and oxygen atoms in total. The molecule has 0 spiro atoms. The summed E-state index contributed by atoms with van der Waals surface area (Å²) in [6.07, 6.45) is 0. The Bertz CT molecular complexity index is 945. The number of hydrogen-bond donors (Lipinski definition) is 1. The molecule has 1 amide bonds. The molecule has 3 rings (SSSR count). The number of carbonyl (C=O) groups excluding carboxylic acids is 1. The van der Waals surface area contributed by atoms with Crippen LogP contribution >= 0.6 is 23.1 Å². The summed E-state index contributed by atoms with van der Waals surface area (Å²) in [4.78, 5) is 22.3. The number of amides is 1. The lowest BCUT2D eigenvalue weighted by molar-refractivity contribution is -0.384. The van der Waals surface area contributed by atoms with Crippen LogP contribution in [0.25, 0.3) is 11.3 Å². The second kappa shape index (κ2) is 7.97. The number of benzene rings is 1. The van der Waals surface area contributed by atoms with Gasteiger partial charge in [-0.2, -0.15) is 0 Å². The predicted octanol–water partition coefficient (Wildman–Crippen LogP) is 2.94. The fourth-order valence-corrected chi connectivity index (χ4v) is 3.19. The number of anilines is 1. The van der Waals surface area contributed by atoms with E-state index in [1.54, 1.807) is 31.2 Å². The fourth-order valence-electron chi connectivity index (χ4n) is 1.97. The molecule has 0 bridgehead atoms. The molecule has 1 N–H and O–H groups in total. The van der Waals surface area contributed by atoms with Crippen LogP contribution in [0.15, 0.2) is 41.4 Å². The molecule has 0 aliphatic rings. The number of nitro groups is 1. The van der Waals surface area contributed by atoms with E-state index in [2.05, 4.69) is 25.7 Å². The topological polar surface area (TPSA) is 124 Å². The van der Waals surface area contributed by atoms with E-state index < -0.39 is 4.92 Å². The number of nitrogens with zero attached hydrogens (tertiary/aromatic N) is 5. The third kappa shape index (κ3) is 4.58. The average molecular weight is 388 g/mol. The van der Waals surface area contributed by atoms with Gasteiger partial charge in [0, 0.05) is 17.7 Å². The molecule has 0 aliphatic heterocycles. The Labute approximate surface area is 156 Å². The standard InChI is InChI=1S/C15H12N6O3S2/c1-9-17-20-15(26-9)16-13(22)8-25-14-6-5-12(18-19-14)10-3-2-4-11(7-10)21(23)24/h2-7H,8H2,1H3,(H,16,20,22). The molecule has 1 aromatic carbocycles. The van der Waals surface area contributed by atoms with Crippen LogP contribution in [0.4, 0.5) is 10.8 Å². The molecule has 0 radical (unpaired) electrons. The number of aryl methyl sites for hydroxylation is 1. The van der Waals surface area contributed by atoms with Crippen molar-refractivity contribution in [1.82, 2.24) is 20.4 Å². The lowest BCUT2D eigenvalue weighted by Crippen LogP contribution is -2.14. The Kier molecular flexibility index (Phi) is 5.49. The minimum atomic E-state index is -0.459. The van der Waals surface area contributed by atoms with Gasteiger partial charge >= 0.3 is 0 Å². The van der Waals surface area contributed by atoms with E-state index in [0.29, 0.717) is 21.4 Å². The molecule has 0 saturated heterocycles. The summed E-state index contributed by atoms with van der Waals surface area (Å²) >= 11 is 2.53. The van der Waals surface area contributed by atoms with Gasteiger partial charge in [-0.3, -0.25) is 20.2 Å². The van der Waals surface area contributed by atoms with E-state index in [1.165, 1.54) is 35.2 Å². The Balaban J connectivity index is 1.60. The molecule has 0 saturated carbocycles. The maximum atomic E-state index is 11.9. The Morgan fingerprint density at radius 2 is 2.08 bits per heavy atom. The molecule has 0 fully saturated rings. The summed E-state index contributed by atoms with van der Waals surface area (Å²) in [7, 11) is 0. The van der Waals surface area contributed by atoms with Crippen molar-refractivity contribution in [2.75, 3.05) is 11.1 Å². The maximum Gasteiger partial charge on any atom is 0.270 e. The largest absolute Gasteiger partial charge is 0.300 e. The van der Waals surface area contributed by atoms with Crippen LogP contribution in [0, 0.1) is 17.0 Å². The number of nitro benzene ring substituents is 1. The van der Waals surface area contributed by atoms with E-state index >= 15 is 0 Å². The van der Waals surface area contributed by atoms with Gasteiger partial charge < -0.3 is 0 Å². The number of carbonyl (C=O) groups is 1. The zero-order chi connectivity index (χ0) is 18.5. The van der Waals surface area contributed by atoms with E-state index in [-0.39, 0.29) is 17.3 Å². The Hall–Kier alpha value is -2.92. The minimum Gasteiger partial charge on any atom is -0.300 e. The highest BCUT2D eigenvalue weighted by atomic mass is 32.2. The molecule has 0 unspecified atom stereocenters. The number of aromatic nitrogens is 4. The third-order valence-corrected chi connectivity index (χ3v) is 4.79. The molecule has 0 aliphatic carbocycles. The first-order chi connectivity index (χ1) is 12.5. The maximum absolute atomic E-state index is 11.9. The predicted molar refractivity (Wildman–Crippen MR) is 98.1 cm³/mol. The lowest BCUT2D eigenvalue weighted by Gasteiger charge is -2.03. The van der Waals surface area contributed by atoms with Crippen LogP contribution in [-0.2, 0) is 4.79 Å². The summed E-state index contributed by atoms with van der Waals surface area (Å²) in [5.41, 5.74) is 1.12. The molecular weight excluding hydrogens is 376 g/mol. The molecule has 132 valence electrons. The number of thioether (sulfide) groups is 1. The average Bonchev–Trinajstić information content (AvgIpc) is 3.05. The van der Waals surface area contributed by atoms with Gasteiger partial charge in [0.15, 0.2) is 0 Å². The van der Waals surface area contributed by atoms with E-state index in [0.717, 1.165) is 5.01 Å². The molecule has 26 heavy (non-hydrogen) atoms. The first-order valence-electron chi connectivity index (χ1n) is 7.32. The third-order valence-electron chi connectivity index (χ3n) is 3.12. The number of rotatable bonds is 6. The zero-order valence-corrected chi connectivity index (χ0v) is 15.1. The molecule has 11 heteroatoms. The van der Waals surface area contributed by atoms with Crippen molar-refractivity contribution >= 4 is 39.8 Å². The molecule has 2 aromatic heterocycles. The van der Waals surface area contributed by atoms with Crippen molar-refractivity contribution in [2.24, 2.45) is 0 Å². The number of hydrogen-bond acceptors (Lipinski definition) is 9. The normalized spacial score (nSPS) is 10.5. The van der Waals surface area contributed by atoms with Crippen LogP contribution in [0.2, 0.25) is 0 Å². The molecular formula is C15H12N6O3S2. The second-order valence-corrected chi connectivity index (χ2v) is 7.20. The van der Waals surface area contributed by atoms with Crippen molar-refractivity contribution < 1.29 is 9.72 Å². The van der Waals surface area contributed by atoms with Crippen molar-refractivity contribution in [3.63, 3.8) is 0 Å². The smallest absolute Gasteiger partial charge is 0.270 e. The fraction of sp³-hybridized carbons (Fsp3) is 0.133. The van der Waals surface area contributed by atoms with Crippen LogP contribution in [0.1, 0.15) is 5.01 Å². The lowest BCUT2D eigenvalue weighted by atomic mass is 10.1. The van der Waals surface area contributed by atoms with Crippen LogP contribution < -0.4 is 5.32 Å². The SMILES string of the molecule is Cc1nnc(NC(=O)CSc2ccc(-c3cccc([N+](=O)[O-])c3)nn2)s1. The van der Waals surface area contributed by atoms with Crippen molar-refractivity contribution in [2.45, 2.75) is 11.9 Å². The van der Waals surface area contributed by atoms with Gasteiger partial charge in [0.1, 0.15) is 10.0 Å². The minimum absolute atomic E-state index is 0.00802. The van der Waals surface area contributed by atoms with Crippen LogP contribution in [0.5, 0.6) is 0 Å². The van der Waals surface area contributed by atoms with Gasteiger partial charge in [-0.05, 0) is 19.1 Å². The van der Waals surface area contributed by atoms with Crippen molar-refractivity contribution in [3.8, 4) is 11.3 Å². The van der Waals surface area contributed by atoms with Gasteiger partial charge in [-0.1, -0.05) is 35.2 Å². The van der Waals surface area contributed by atoms with E-state index in [4.69, 9.17) is 0 Å². The van der Waals surface area contributed by atoms with Gasteiger partial charge in [0.2, 0.25) is 11.0 Å². The highest BCUT2D eigenvalue weighted by Gasteiger charge is 2.10. The van der Waals surface area contributed by atoms with Crippen LogP contribution in [0.3, 0.4) is 0 Å². The first-order valence-corrected chi connectivity index (χ1v) is 9.13. The summed E-state index contributed by atoms with van der Waals surface area (Å²) in [6, 6.07) is 9.60. The monoisotopic (exact) mass is 388 g/mol. The molecule has 2 heterocycles. The van der Waals surface area contributed by atoms with Crippen LogP contribution in [-0.4, -0.2) is 37.0 Å². The highest BCUT2D eigenvalue weighted by molar-refractivity contribution is 7.99. The summed E-state index contributed by atoms with van der Waals surface area (Å²) in [5.74, 6) is -0.0561. The zero-order valence-electron chi connectivity index (χ0n) is 13.4. The second-order valence-electron chi connectivity index (χ2n) is 5.03. The number of non-ortho nitro benzene ring substituents is 1. The van der Waals surface area contributed by atoms with E-state index in [1.807, 2.05) is 0 Å². The summed E-state index contributed by atoms with van der Waals surface area (Å²) < 4.78 is 0. The highest BCUT2D eigenvalue weighted by Crippen LogP contribution is 2.23. The van der Waals surface area contributed by atoms with E-state index in [9.17, 15) is 14.9 Å². The van der Waals surface area contributed by atoms with Gasteiger partial charge in [0.25, 0.3) is 5.69 Å². The number of nitrogens with one attached hydrogen (secondary N) is 1. The van der Waals surface area contributed by atoms with Crippen molar-refractivity contribution in [3.05, 3.63) is 51.5 Å². The van der Waals surface area contributed by atoms with Gasteiger partial charge in [-0.15, -0.1) is 20.4 Å². The summed E-state index contributed by atoms with van der Waals surface area (Å²) in [5, 5.41) is 31.1. The van der Waals surface area contributed by atoms with Gasteiger partial charge in [0.05, 0.1) is 16.4 Å². The van der Waals surface area contributed by atoms with Gasteiger partial charge in [-0.25, -0.2) is 0 Å². The first kappa shape index (κ1) is 17.9. The molecule has 3 aromatic rings.